The van der Waals surface area contributed by atoms with Gasteiger partial charge in [0, 0.05) is 24.5 Å². The number of sulfonamides is 1. The van der Waals surface area contributed by atoms with Crippen molar-refractivity contribution in [2.24, 2.45) is 5.14 Å². The second-order valence-corrected chi connectivity index (χ2v) is 8.54. The Bertz CT molecular complexity index is 1150. The van der Waals surface area contributed by atoms with Crippen LogP contribution in [0.3, 0.4) is 0 Å². The first kappa shape index (κ1) is 20.9. The van der Waals surface area contributed by atoms with Gasteiger partial charge in [0.1, 0.15) is 5.82 Å². The smallest absolute Gasteiger partial charge is 0.238 e. The van der Waals surface area contributed by atoms with Gasteiger partial charge in [-0.2, -0.15) is 0 Å². The minimum Gasteiger partial charge on any atom is -0.365 e. The van der Waals surface area contributed by atoms with Crippen molar-refractivity contribution in [1.29, 1.82) is 0 Å². The zero-order valence-electron chi connectivity index (χ0n) is 15.8. The van der Waals surface area contributed by atoms with Gasteiger partial charge in [0.2, 0.25) is 10.0 Å². The molecule has 2 heterocycles. The predicted molar refractivity (Wildman–Crippen MR) is 112 cm³/mol. The van der Waals surface area contributed by atoms with Crippen molar-refractivity contribution in [3.8, 4) is 11.3 Å². The number of carbonyl (C=O) groups excluding carboxylic acids is 1. The van der Waals surface area contributed by atoms with Gasteiger partial charge in [0.05, 0.1) is 16.2 Å². The van der Waals surface area contributed by atoms with E-state index < -0.39 is 10.0 Å². The van der Waals surface area contributed by atoms with Gasteiger partial charge in [0.15, 0.2) is 11.4 Å². The molecule has 0 saturated carbocycles. The molecular weight excluding hydrogens is 410 g/mol. The molecule has 8 nitrogen and oxygen atoms in total. The number of rotatable bonds is 7. The average Bonchev–Trinajstić information content (AvgIpc) is 2.72. The Labute approximate surface area is 173 Å². The molecule has 3 N–H and O–H groups in total. The number of nitrogens with two attached hydrogens (primary N) is 1. The number of nitrogens with one attached hydrogen (secondary N) is 1. The molecule has 0 unspecified atom stereocenters. The SMILES string of the molecule is CSc1ncc(C=O)c(NCc2ccc(-c3cc(S(N)(=O)=O)ccc3C)nc2)n1. The molecule has 150 valence electrons. The van der Waals surface area contributed by atoms with Crippen molar-refractivity contribution in [2.45, 2.75) is 23.5 Å². The van der Waals surface area contributed by atoms with E-state index in [0.29, 0.717) is 40.6 Å². The third-order valence-electron chi connectivity index (χ3n) is 4.20. The number of thioether (sulfide) groups is 1. The summed E-state index contributed by atoms with van der Waals surface area (Å²) in [6, 6.07) is 8.37. The van der Waals surface area contributed by atoms with Crippen molar-refractivity contribution >= 4 is 33.9 Å². The zero-order valence-corrected chi connectivity index (χ0v) is 17.4. The number of pyridine rings is 1. The summed E-state index contributed by atoms with van der Waals surface area (Å²) >= 11 is 1.39. The van der Waals surface area contributed by atoms with Crippen LogP contribution in [0.1, 0.15) is 21.5 Å². The molecule has 10 heteroatoms. The molecule has 2 aromatic heterocycles. The summed E-state index contributed by atoms with van der Waals surface area (Å²) in [4.78, 5) is 24.0. The first-order valence-electron chi connectivity index (χ1n) is 8.50. The monoisotopic (exact) mass is 429 g/mol. The first-order chi connectivity index (χ1) is 13.8. The molecule has 0 bridgehead atoms. The number of aldehydes is 1. The van der Waals surface area contributed by atoms with Crippen LogP contribution in [0.15, 0.2) is 52.8 Å². The van der Waals surface area contributed by atoms with Crippen molar-refractivity contribution in [1.82, 2.24) is 15.0 Å². The lowest BCUT2D eigenvalue weighted by Crippen LogP contribution is -2.12. The fourth-order valence-corrected chi connectivity index (χ4v) is 3.51. The predicted octanol–water partition coefficient (Wildman–Crippen LogP) is 2.64. The topological polar surface area (TPSA) is 128 Å². The van der Waals surface area contributed by atoms with Gasteiger partial charge >= 0.3 is 0 Å². The first-order valence-corrected chi connectivity index (χ1v) is 11.3. The highest BCUT2D eigenvalue weighted by Gasteiger charge is 2.12. The fourth-order valence-electron chi connectivity index (χ4n) is 2.63. The van der Waals surface area contributed by atoms with Gasteiger partial charge in [-0.3, -0.25) is 9.78 Å². The molecule has 29 heavy (non-hydrogen) atoms. The van der Waals surface area contributed by atoms with E-state index in [9.17, 15) is 13.2 Å². The summed E-state index contributed by atoms with van der Waals surface area (Å²) in [5.74, 6) is 0.458. The number of aryl methyl sites for hydroxylation is 1. The van der Waals surface area contributed by atoms with E-state index >= 15 is 0 Å². The van der Waals surface area contributed by atoms with E-state index in [1.54, 1.807) is 18.3 Å². The molecule has 0 aliphatic rings. The summed E-state index contributed by atoms with van der Waals surface area (Å²) in [6.45, 7) is 2.29. The van der Waals surface area contributed by atoms with Crippen LogP contribution >= 0.6 is 11.8 Å². The van der Waals surface area contributed by atoms with Gasteiger partial charge in [-0.05, 0) is 42.5 Å². The van der Waals surface area contributed by atoms with Crippen LogP contribution in [0.2, 0.25) is 0 Å². The van der Waals surface area contributed by atoms with E-state index in [1.165, 1.54) is 30.1 Å². The van der Waals surface area contributed by atoms with Crippen molar-refractivity contribution < 1.29 is 13.2 Å². The highest BCUT2D eigenvalue weighted by atomic mass is 32.2. The Balaban J connectivity index is 1.81. The van der Waals surface area contributed by atoms with Gasteiger partial charge in [-0.25, -0.2) is 23.5 Å². The molecule has 0 amide bonds. The van der Waals surface area contributed by atoms with E-state index in [2.05, 4.69) is 20.3 Å². The maximum Gasteiger partial charge on any atom is 0.238 e. The Morgan fingerprint density at radius 2 is 1.97 bits per heavy atom. The number of hydrogen-bond donors (Lipinski definition) is 2. The van der Waals surface area contributed by atoms with Crippen LogP contribution in [0.4, 0.5) is 5.82 Å². The quantitative estimate of drug-likeness (QED) is 0.333. The fraction of sp³-hybridized carbons (Fsp3) is 0.158. The Morgan fingerprint density at radius 3 is 2.59 bits per heavy atom. The second-order valence-electron chi connectivity index (χ2n) is 6.21. The number of aromatic nitrogens is 3. The third-order valence-corrected chi connectivity index (χ3v) is 5.68. The molecular formula is C19H19N5O3S2. The van der Waals surface area contributed by atoms with Gasteiger partial charge < -0.3 is 5.32 Å². The van der Waals surface area contributed by atoms with E-state index in [1.807, 2.05) is 19.2 Å². The van der Waals surface area contributed by atoms with Crippen LogP contribution in [-0.2, 0) is 16.6 Å². The number of anilines is 1. The number of carbonyl (C=O) groups is 1. The standard InChI is InChI=1S/C19H19N5O3S2/c1-12-3-5-15(29(20,26)27)7-16(12)17-6-4-13(8-21-17)9-22-18-14(11-25)10-23-19(24-18)28-2/h3-8,10-11H,9H2,1-2H3,(H2,20,26,27)(H,22,23,24). The summed E-state index contributed by atoms with van der Waals surface area (Å²) in [5.41, 5.74) is 3.46. The molecule has 0 spiro atoms. The number of primary sulfonamides is 1. The number of hydrogen-bond acceptors (Lipinski definition) is 8. The molecule has 0 fully saturated rings. The van der Waals surface area contributed by atoms with E-state index in [-0.39, 0.29) is 4.90 Å². The molecule has 0 radical (unpaired) electrons. The van der Waals surface area contributed by atoms with Crippen molar-refractivity contribution in [2.75, 3.05) is 11.6 Å². The zero-order chi connectivity index (χ0) is 21.0. The summed E-state index contributed by atoms with van der Waals surface area (Å²) in [6.07, 6.45) is 5.73. The Morgan fingerprint density at radius 1 is 1.17 bits per heavy atom. The Hall–Kier alpha value is -2.82. The molecule has 1 aromatic carbocycles. The average molecular weight is 430 g/mol. The summed E-state index contributed by atoms with van der Waals surface area (Å²) in [5, 5.41) is 8.91. The maximum absolute atomic E-state index is 11.6. The van der Waals surface area contributed by atoms with Crippen molar-refractivity contribution in [3.63, 3.8) is 0 Å². The van der Waals surface area contributed by atoms with Gasteiger partial charge in [-0.1, -0.05) is 23.9 Å². The summed E-state index contributed by atoms with van der Waals surface area (Å²) in [7, 11) is -3.79. The van der Waals surface area contributed by atoms with Crippen LogP contribution in [0.5, 0.6) is 0 Å². The molecule has 0 saturated heterocycles. The lowest BCUT2D eigenvalue weighted by atomic mass is 10.0. The van der Waals surface area contributed by atoms with Gasteiger partial charge in [0.25, 0.3) is 0 Å². The van der Waals surface area contributed by atoms with E-state index in [0.717, 1.165) is 11.1 Å². The number of nitrogens with zero attached hydrogens (tertiary/aromatic N) is 3. The van der Waals surface area contributed by atoms with Crippen LogP contribution < -0.4 is 10.5 Å². The van der Waals surface area contributed by atoms with Crippen LogP contribution in [0, 0.1) is 6.92 Å². The van der Waals surface area contributed by atoms with E-state index in [4.69, 9.17) is 5.14 Å². The lowest BCUT2D eigenvalue weighted by Gasteiger charge is -2.10. The third kappa shape index (κ3) is 4.97. The highest BCUT2D eigenvalue weighted by Crippen LogP contribution is 2.25. The van der Waals surface area contributed by atoms with Gasteiger partial charge in [-0.15, -0.1) is 0 Å². The molecule has 0 atom stereocenters. The second kappa shape index (κ2) is 8.68. The highest BCUT2D eigenvalue weighted by molar-refractivity contribution is 7.98. The lowest BCUT2D eigenvalue weighted by molar-refractivity contribution is 0.112. The maximum atomic E-state index is 11.6. The molecule has 3 aromatic rings. The molecule has 0 aliphatic heterocycles. The van der Waals surface area contributed by atoms with Crippen LogP contribution in [0.25, 0.3) is 11.3 Å². The number of benzene rings is 1. The normalized spacial score (nSPS) is 11.3. The summed E-state index contributed by atoms with van der Waals surface area (Å²) < 4.78 is 23.2. The largest absolute Gasteiger partial charge is 0.365 e. The minimum atomic E-state index is -3.79. The van der Waals surface area contributed by atoms with Crippen molar-refractivity contribution in [3.05, 3.63) is 59.4 Å². The minimum absolute atomic E-state index is 0.0420. The van der Waals surface area contributed by atoms with Crippen LogP contribution in [-0.4, -0.2) is 35.9 Å². The molecule has 3 rings (SSSR count). The Kier molecular flexibility index (Phi) is 6.26. The molecule has 0 aliphatic carbocycles.